The summed E-state index contributed by atoms with van der Waals surface area (Å²) in [6, 6.07) is 4.67. The van der Waals surface area contributed by atoms with Gasteiger partial charge in [0.1, 0.15) is 24.2 Å². The first-order valence-corrected chi connectivity index (χ1v) is 10.8. The fourth-order valence-corrected chi connectivity index (χ4v) is 4.33. The van der Waals surface area contributed by atoms with Crippen molar-refractivity contribution in [2.24, 2.45) is 5.92 Å². The van der Waals surface area contributed by atoms with Crippen LogP contribution in [-0.4, -0.2) is 46.9 Å². The minimum atomic E-state index is -3.20. The molecule has 4 rings (SSSR count). The number of nitriles is 1. The fraction of sp³-hybridized carbons (Fsp3) is 0.500. The molecule has 1 N–H and O–H groups in total. The van der Waals surface area contributed by atoms with Gasteiger partial charge < -0.3 is 15.0 Å². The molecule has 2 aliphatic rings. The van der Waals surface area contributed by atoms with Crippen molar-refractivity contribution < 1.29 is 31.5 Å². The van der Waals surface area contributed by atoms with Crippen LogP contribution >= 0.6 is 0 Å². The molecule has 0 radical (unpaired) electrons. The van der Waals surface area contributed by atoms with Gasteiger partial charge in [0.15, 0.2) is 0 Å². The number of alkyl halides is 4. The van der Waals surface area contributed by atoms with Gasteiger partial charge in [-0.05, 0) is 24.6 Å². The summed E-state index contributed by atoms with van der Waals surface area (Å²) >= 11 is 0. The first kappa shape index (κ1) is 23.9. The Balaban J connectivity index is 1.51. The highest BCUT2D eigenvalue weighted by Gasteiger charge is 2.43. The van der Waals surface area contributed by atoms with Crippen LogP contribution in [0.5, 0.6) is 0 Å². The summed E-state index contributed by atoms with van der Waals surface area (Å²) < 4.78 is 74.6. The molecule has 0 saturated carbocycles. The van der Waals surface area contributed by atoms with E-state index >= 15 is 8.78 Å². The van der Waals surface area contributed by atoms with Gasteiger partial charge in [0, 0.05) is 43.1 Å². The smallest absolute Gasteiger partial charge is 0.322 e. The van der Waals surface area contributed by atoms with Gasteiger partial charge in [0.25, 0.3) is 12.3 Å². The number of hydrogen-bond donors (Lipinski definition) is 1. The van der Waals surface area contributed by atoms with E-state index < -0.39 is 37.2 Å². The number of fused-ring (bicyclic) bond motifs is 3. The second-order valence-corrected chi connectivity index (χ2v) is 8.40. The number of hydrogen-bond acceptors (Lipinski definition) is 4. The summed E-state index contributed by atoms with van der Waals surface area (Å²) in [6.45, 7) is -0.566. The number of carbonyl (C=O) groups excluding carboxylic acids is 1. The highest BCUT2D eigenvalue weighted by molar-refractivity contribution is 5.89. The zero-order valence-electron chi connectivity index (χ0n) is 18.0. The Morgan fingerprint density at radius 2 is 2.18 bits per heavy atom. The van der Waals surface area contributed by atoms with Crippen molar-refractivity contribution in [3.8, 4) is 6.07 Å². The number of nitrogens with zero attached hydrogens (tertiary/aromatic N) is 4. The maximum atomic E-state index is 15.1. The first-order chi connectivity index (χ1) is 16.2. The minimum Gasteiger partial charge on any atom is -0.375 e. The van der Waals surface area contributed by atoms with Crippen molar-refractivity contribution in [1.29, 1.82) is 5.26 Å². The molecule has 2 amide bonds. The highest BCUT2D eigenvalue weighted by Crippen LogP contribution is 2.41. The van der Waals surface area contributed by atoms with Gasteiger partial charge >= 0.3 is 6.03 Å². The number of nitrogens with one attached hydrogen (secondary N) is 1. The summed E-state index contributed by atoms with van der Waals surface area (Å²) in [6.07, 6.45) is -2.76. The SMILES string of the molecule is N#Cc1cc(NC(=O)N2CCc3nn4c(c3C2)C(F)(F)CCC(COCC(F)F)C4)ccc1F. The summed E-state index contributed by atoms with van der Waals surface area (Å²) in [4.78, 5) is 14.1. The molecule has 0 bridgehead atoms. The molecule has 34 heavy (non-hydrogen) atoms. The number of benzene rings is 1. The topological polar surface area (TPSA) is 83.2 Å². The van der Waals surface area contributed by atoms with Crippen molar-refractivity contribution in [3.05, 3.63) is 46.5 Å². The normalized spacial score (nSPS) is 19.2. The molecule has 7 nitrogen and oxygen atoms in total. The van der Waals surface area contributed by atoms with Crippen LogP contribution in [0.3, 0.4) is 0 Å². The summed E-state index contributed by atoms with van der Waals surface area (Å²) in [5.41, 5.74) is 0.468. The minimum absolute atomic E-state index is 0.0682. The lowest BCUT2D eigenvalue weighted by atomic mass is 9.98. The summed E-state index contributed by atoms with van der Waals surface area (Å²) in [5.74, 6) is -4.30. The molecule has 182 valence electrons. The number of aromatic nitrogens is 2. The summed E-state index contributed by atoms with van der Waals surface area (Å²) in [5, 5.41) is 15.9. The lowest BCUT2D eigenvalue weighted by Crippen LogP contribution is -2.39. The van der Waals surface area contributed by atoms with Crippen molar-refractivity contribution >= 4 is 11.7 Å². The van der Waals surface area contributed by atoms with E-state index in [9.17, 15) is 18.0 Å². The third kappa shape index (κ3) is 4.99. The van der Waals surface area contributed by atoms with Gasteiger partial charge in [0.05, 0.1) is 24.4 Å². The Kier molecular flexibility index (Phi) is 6.74. The van der Waals surface area contributed by atoms with Gasteiger partial charge in [-0.25, -0.2) is 18.0 Å². The second-order valence-electron chi connectivity index (χ2n) is 8.40. The lowest BCUT2D eigenvalue weighted by molar-refractivity contribution is -0.0273. The van der Waals surface area contributed by atoms with E-state index in [0.717, 1.165) is 6.07 Å². The van der Waals surface area contributed by atoms with Gasteiger partial charge in [-0.15, -0.1) is 0 Å². The van der Waals surface area contributed by atoms with Crippen molar-refractivity contribution in [2.45, 2.75) is 44.7 Å². The first-order valence-electron chi connectivity index (χ1n) is 10.8. The van der Waals surface area contributed by atoms with Gasteiger partial charge in [-0.3, -0.25) is 4.68 Å². The second kappa shape index (κ2) is 9.58. The van der Waals surface area contributed by atoms with Gasteiger partial charge in [0.2, 0.25) is 0 Å². The average molecular weight is 483 g/mol. The number of urea groups is 1. The quantitative estimate of drug-likeness (QED) is 0.644. The predicted molar refractivity (Wildman–Crippen MR) is 110 cm³/mol. The number of amides is 2. The predicted octanol–water partition coefficient (Wildman–Crippen LogP) is 4.27. The Morgan fingerprint density at radius 1 is 1.38 bits per heavy atom. The molecular weight excluding hydrogens is 461 g/mol. The Bertz CT molecular complexity index is 1110. The van der Waals surface area contributed by atoms with Gasteiger partial charge in [-0.1, -0.05) is 0 Å². The van der Waals surface area contributed by atoms with Crippen LogP contribution < -0.4 is 5.32 Å². The molecule has 0 fully saturated rings. The Hall–Kier alpha value is -3.20. The van der Waals surface area contributed by atoms with Crippen LogP contribution in [-0.2, 0) is 30.2 Å². The Morgan fingerprint density at radius 3 is 2.91 bits per heavy atom. The maximum Gasteiger partial charge on any atom is 0.322 e. The number of rotatable bonds is 5. The molecule has 1 atom stereocenters. The zero-order valence-corrected chi connectivity index (χ0v) is 18.0. The largest absolute Gasteiger partial charge is 0.375 e. The van der Waals surface area contributed by atoms with Crippen LogP contribution in [0.25, 0.3) is 0 Å². The molecule has 1 aromatic heterocycles. The van der Waals surface area contributed by atoms with E-state index in [-0.39, 0.29) is 67.5 Å². The van der Waals surface area contributed by atoms with E-state index in [4.69, 9.17) is 10.00 Å². The van der Waals surface area contributed by atoms with E-state index in [0.29, 0.717) is 5.69 Å². The van der Waals surface area contributed by atoms with Crippen molar-refractivity contribution in [2.75, 3.05) is 25.1 Å². The van der Waals surface area contributed by atoms with Gasteiger partial charge in [-0.2, -0.15) is 19.1 Å². The summed E-state index contributed by atoms with van der Waals surface area (Å²) in [7, 11) is 0. The zero-order chi connectivity index (χ0) is 24.5. The molecule has 0 spiro atoms. The van der Waals surface area contributed by atoms with Crippen LogP contribution in [0.2, 0.25) is 0 Å². The molecule has 3 heterocycles. The lowest BCUT2D eigenvalue weighted by Gasteiger charge is -2.28. The van der Waals surface area contributed by atoms with E-state index in [1.54, 1.807) is 6.07 Å². The van der Waals surface area contributed by atoms with Crippen LogP contribution in [0, 0.1) is 23.1 Å². The Labute approximate surface area is 192 Å². The molecule has 1 aromatic carbocycles. The van der Waals surface area contributed by atoms with Crippen LogP contribution in [0.4, 0.5) is 32.4 Å². The molecule has 0 aliphatic carbocycles. The molecule has 12 heteroatoms. The fourth-order valence-electron chi connectivity index (χ4n) is 4.33. The number of halogens is 5. The van der Waals surface area contributed by atoms with Crippen LogP contribution in [0.15, 0.2) is 18.2 Å². The third-order valence-corrected chi connectivity index (χ3v) is 5.97. The molecule has 0 saturated heterocycles. The van der Waals surface area contributed by atoms with E-state index in [1.807, 2.05) is 0 Å². The number of ether oxygens (including phenoxy) is 1. The monoisotopic (exact) mass is 483 g/mol. The maximum absolute atomic E-state index is 15.1. The number of anilines is 1. The standard InChI is InChI=1S/C22H22F5N5O2/c23-17-2-1-15(7-14(17)8-28)29-21(33)31-6-4-18-16(10-31)20-22(26,27)5-3-13(9-32(20)30-18)11-34-12-19(24)25/h1-2,7,13,19H,3-6,9-12H2,(H,29,33). The van der Waals surface area contributed by atoms with E-state index in [1.165, 1.54) is 21.7 Å². The number of carbonyl (C=O) groups is 1. The van der Waals surface area contributed by atoms with Crippen molar-refractivity contribution in [3.63, 3.8) is 0 Å². The van der Waals surface area contributed by atoms with Crippen LogP contribution in [0.1, 0.15) is 35.4 Å². The average Bonchev–Trinajstić information content (AvgIpc) is 3.10. The highest BCUT2D eigenvalue weighted by atomic mass is 19.3. The van der Waals surface area contributed by atoms with Crippen molar-refractivity contribution in [1.82, 2.24) is 14.7 Å². The molecular formula is C22H22F5N5O2. The molecule has 1 unspecified atom stereocenters. The van der Waals surface area contributed by atoms with E-state index in [2.05, 4.69) is 10.4 Å². The third-order valence-electron chi connectivity index (χ3n) is 5.97. The molecule has 2 aliphatic heterocycles. The molecule has 2 aromatic rings.